The van der Waals surface area contributed by atoms with Crippen molar-refractivity contribution in [2.24, 2.45) is 0 Å². The summed E-state index contributed by atoms with van der Waals surface area (Å²) in [5.41, 5.74) is 2.65. The molecule has 0 aliphatic heterocycles. The van der Waals surface area contributed by atoms with Gasteiger partial charge in [-0.15, -0.1) is 21.5 Å². The molecular weight excluding hydrogens is 476 g/mol. The first-order valence-corrected chi connectivity index (χ1v) is 12.3. The number of aromatic amines is 1. The van der Waals surface area contributed by atoms with Crippen LogP contribution in [0, 0.1) is 13.8 Å². The molecule has 10 heteroatoms. The molecule has 7 nitrogen and oxygen atoms in total. The predicted molar refractivity (Wildman–Crippen MR) is 134 cm³/mol. The fourth-order valence-corrected chi connectivity index (χ4v) is 5.62. The van der Waals surface area contributed by atoms with E-state index in [4.69, 9.17) is 16.6 Å². The Kier molecular flexibility index (Phi) is 5.77. The number of halogens is 1. The standard InChI is InChI=1S/C23H19ClN6OS2/c1-12-13(2)32-22-18(12)21(31)26-19(27-22)14(3)33-23-29-28-20(15-8-10-25-11-9-15)30(23)17-6-4-16(24)5-7-17/h4-11,14H,1-3H3,(H,26,27,31). The van der Waals surface area contributed by atoms with Crippen LogP contribution in [0.2, 0.25) is 5.02 Å². The van der Waals surface area contributed by atoms with Crippen molar-refractivity contribution in [2.75, 3.05) is 0 Å². The summed E-state index contributed by atoms with van der Waals surface area (Å²) in [5, 5.41) is 10.8. The highest BCUT2D eigenvalue weighted by Crippen LogP contribution is 2.36. The maximum Gasteiger partial charge on any atom is 0.259 e. The summed E-state index contributed by atoms with van der Waals surface area (Å²) in [7, 11) is 0. The van der Waals surface area contributed by atoms with E-state index in [9.17, 15) is 4.79 Å². The number of hydrogen-bond acceptors (Lipinski definition) is 7. The molecule has 0 saturated carbocycles. The van der Waals surface area contributed by atoms with E-state index >= 15 is 0 Å². The van der Waals surface area contributed by atoms with Crippen molar-refractivity contribution in [1.82, 2.24) is 29.7 Å². The van der Waals surface area contributed by atoms with Gasteiger partial charge in [0.2, 0.25) is 0 Å². The van der Waals surface area contributed by atoms with Gasteiger partial charge in [0, 0.05) is 33.5 Å². The van der Waals surface area contributed by atoms with Crippen molar-refractivity contribution in [2.45, 2.75) is 31.2 Å². The quantitative estimate of drug-likeness (QED) is 0.313. The fraction of sp³-hybridized carbons (Fsp3) is 0.174. The minimum atomic E-state index is -0.162. The molecule has 166 valence electrons. The van der Waals surface area contributed by atoms with Crippen molar-refractivity contribution >= 4 is 44.9 Å². The Morgan fingerprint density at radius 1 is 1.09 bits per heavy atom. The van der Waals surface area contributed by atoms with Crippen LogP contribution in [0.5, 0.6) is 0 Å². The Balaban J connectivity index is 1.57. The molecule has 4 aromatic heterocycles. The van der Waals surface area contributed by atoms with E-state index in [1.807, 2.05) is 61.7 Å². The molecule has 0 amide bonds. The minimum Gasteiger partial charge on any atom is -0.309 e. The zero-order valence-electron chi connectivity index (χ0n) is 18.0. The number of thioether (sulfide) groups is 1. The number of pyridine rings is 1. The monoisotopic (exact) mass is 494 g/mol. The van der Waals surface area contributed by atoms with Crippen LogP contribution < -0.4 is 5.56 Å². The van der Waals surface area contributed by atoms with Crippen molar-refractivity contribution < 1.29 is 0 Å². The zero-order chi connectivity index (χ0) is 23.1. The fourth-order valence-electron chi connectivity index (χ4n) is 3.53. The molecule has 0 radical (unpaired) electrons. The van der Waals surface area contributed by atoms with Crippen molar-refractivity contribution in [3.8, 4) is 17.1 Å². The Bertz CT molecular complexity index is 1510. The molecule has 0 aliphatic carbocycles. The van der Waals surface area contributed by atoms with Crippen LogP contribution in [0.3, 0.4) is 0 Å². The molecule has 0 spiro atoms. The average Bonchev–Trinajstić information content (AvgIpc) is 3.35. The van der Waals surface area contributed by atoms with Gasteiger partial charge in [-0.3, -0.25) is 14.3 Å². The highest BCUT2D eigenvalue weighted by atomic mass is 35.5. The molecule has 33 heavy (non-hydrogen) atoms. The van der Waals surface area contributed by atoms with Gasteiger partial charge in [-0.1, -0.05) is 23.4 Å². The van der Waals surface area contributed by atoms with Crippen molar-refractivity contribution in [3.05, 3.63) is 80.4 Å². The molecule has 1 aromatic carbocycles. The van der Waals surface area contributed by atoms with Crippen LogP contribution in [-0.4, -0.2) is 29.7 Å². The van der Waals surface area contributed by atoms with Crippen molar-refractivity contribution in [1.29, 1.82) is 0 Å². The third-order valence-corrected chi connectivity index (χ3v) is 7.79. The number of nitrogens with zero attached hydrogens (tertiary/aromatic N) is 5. The normalized spacial score (nSPS) is 12.4. The summed E-state index contributed by atoms with van der Waals surface area (Å²) in [4.78, 5) is 26.4. The van der Waals surface area contributed by atoms with Gasteiger partial charge in [-0.25, -0.2) is 4.98 Å². The number of fused-ring (bicyclic) bond motifs is 1. The van der Waals surface area contributed by atoms with E-state index in [0.29, 0.717) is 27.2 Å². The Morgan fingerprint density at radius 2 is 1.82 bits per heavy atom. The minimum absolute atomic E-state index is 0.110. The number of thiophene rings is 1. The second kappa shape index (κ2) is 8.74. The molecule has 5 aromatic rings. The lowest BCUT2D eigenvalue weighted by Gasteiger charge is -2.13. The van der Waals surface area contributed by atoms with Gasteiger partial charge in [0.1, 0.15) is 10.7 Å². The zero-order valence-corrected chi connectivity index (χ0v) is 20.4. The second-order valence-electron chi connectivity index (χ2n) is 7.53. The van der Waals surface area contributed by atoms with Gasteiger partial charge in [-0.05, 0) is 62.7 Å². The van der Waals surface area contributed by atoms with Gasteiger partial charge < -0.3 is 4.98 Å². The largest absolute Gasteiger partial charge is 0.309 e. The summed E-state index contributed by atoms with van der Waals surface area (Å²) in [6.45, 7) is 5.96. The first kappa shape index (κ1) is 21.8. The number of aryl methyl sites for hydroxylation is 2. The first-order chi connectivity index (χ1) is 15.9. The topological polar surface area (TPSA) is 89.3 Å². The third-order valence-electron chi connectivity index (χ3n) is 5.38. The smallest absolute Gasteiger partial charge is 0.259 e. The van der Waals surface area contributed by atoms with Crippen LogP contribution in [0.4, 0.5) is 0 Å². The van der Waals surface area contributed by atoms with Gasteiger partial charge >= 0.3 is 0 Å². The summed E-state index contributed by atoms with van der Waals surface area (Å²) in [5.74, 6) is 1.30. The van der Waals surface area contributed by atoms with Crippen LogP contribution in [0.15, 0.2) is 58.7 Å². The maximum atomic E-state index is 12.8. The first-order valence-electron chi connectivity index (χ1n) is 10.2. The molecule has 0 saturated heterocycles. The molecule has 0 fully saturated rings. The molecule has 1 unspecified atom stereocenters. The molecule has 0 aliphatic rings. The molecule has 1 atom stereocenters. The summed E-state index contributed by atoms with van der Waals surface area (Å²) in [6, 6.07) is 11.3. The SMILES string of the molecule is Cc1sc2nc(C(C)Sc3nnc(-c4ccncc4)n3-c3ccc(Cl)cc3)[nH]c(=O)c2c1C. The molecule has 4 heterocycles. The lowest BCUT2D eigenvalue weighted by molar-refractivity contribution is 0.863. The lowest BCUT2D eigenvalue weighted by Crippen LogP contribution is -2.12. The highest BCUT2D eigenvalue weighted by molar-refractivity contribution is 7.99. The second-order valence-corrected chi connectivity index (χ2v) is 10.5. The van der Waals surface area contributed by atoms with E-state index in [1.54, 1.807) is 23.7 Å². The van der Waals surface area contributed by atoms with Crippen LogP contribution in [0.25, 0.3) is 27.3 Å². The van der Waals surface area contributed by atoms with E-state index < -0.39 is 0 Å². The van der Waals surface area contributed by atoms with Crippen molar-refractivity contribution in [3.63, 3.8) is 0 Å². The molecular formula is C23H19ClN6OS2. The van der Waals surface area contributed by atoms with Gasteiger partial charge in [0.05, 0.1) is 10.6 Å². The number of nitrogens with one attached hydrogen (secondary N) is 1. The van der Waals surface area contributed by atoms with E-state index in [0.717, 1.165) is 26.5 Å². The Morgan fingerprint density at radius 3 is 2.55 bits per heavy atom. The van der Waals surface area contributed by atoms with Crippen LogP contribution in [0.1, 0.15) is 28.4 Å². The number of benzene rings is 1. The van der Waals surface area contributed by atoms with Gasteiger partial charge in [0.25, 0.3) is 5.56 Å². The Hall–Kier alpha value is -3.01. The summed E-state index contributed by atoms with van der Waals surface area (Å²) < 4.78 is 1.98. The number of H-pyrrole nitrogens is 1. The summed E-state index contributed by atoms with van der Waals surface area (Å²) >= 11 is 9.13. The van der Waals surface area contributed by atoms with E-state index in [2.05, 4.69) is 20.2 Å². The summed E-state index contributed by atoms with van der Waals surface area (Å²) in [6.07, 6.45) is 3.45. The van der Waals surface area contributed by atoms with Crippen LogP contribution >= 0.6 is 34.7 Å². The maximum absolute atomic E-state index is 12.8. The molecule has 0 bridgehead atoms. The molecule has 1 N–H and O–H groups in total. The highest BCUT2D eigenvalue weighted by Gasteiger charge is 2.21. The molecule has 5 rings (SSSR count). The van der Waals surface area contributed by atoms with Crippen LogP contribution in [-0.2, 0) is 0 Å². The average molecular weight is 495 g/mol. The number of rotatable bonds is 5. The lowest BCUT2D eigenvalue weighted by atomic mass is 10.2. The third kappa shape index (κ3) is 4.07. The van der Waals surface area contributed by atoms with E-state index in [-0.39, 0.29) is 10.8 Å². The number of hydrogen-bond donors (Lipinski definition) is 1. The number of aromatic nitrogens is 6. The van der Waals surface area contributed by atoms with Gasteiger partial charge in [0.15, 0.2) is 11.0 Å². The Labute approximate surface area is 202 Å². The van der Waals surface area contributed by atoms with Gasteiger partial charge in [-0.2, -0.15) is 0 Å². The van der Waals surface area contributed by atoms with E-state index in [1.165, 1.54) is 11.8 Å². The predicted octanol–water partition coefficient (Wildman–Crippen LogP) is 5.75.